The molecule has 0 atom stereocenters. The minimum Gasteiger partial charge on any atom is -0.488 e. The second-order valence-electron chi connectivity index (χ2n) is 8.64. The molecule has 0 bridgehead atoms. The third-order valence-corrected chi connectivity index (χ3v) is 6.56. The van der Waals surface area contributed by atoms with E-state index in [-0.39, 0.29) is 5.57 Å². The zero-order valence-corrected chi connectivity index (χ0v) is 21.5. The van der Waals surface area contributed by atoms with Crippen LogP contribution in [-0.4, -0.2) is 17.8 Å². The van der Waals surface area contributed by atoms with Gasteiger partial charge in [-0.2, -0.15) is 0 Å². The maximum Gasteiger partial charge on any atom is 0.335 e. The second-order valence-corrected chi connectivity index (χ2v) is 9.50. The van der Waals surface area contributed by atoms with Crippen molar-refractivity contribution in [2.75, 3.05) is 4.90 Å². The molecular formula is C28H25BrN2O4. The van der Waals surface area contributed by atoms with E-state index in [4.69, 9.17) is 4.74 Å². The van der Waals surface area contributed by atoms with Crippen LogP contribution in [0.15, 0.2) is 64.6 Å². The fourth-order valence-corrected chi connectivity index (χ4v) is 4.29. The molecule has 1 fully saturated rings. The Morgan fingerprint density at radius 3 is 2.34 bits per heavy atom. The standard InChI is InChI=1S/C28H25BrN2O4/c1-16-5-6-18(3)24(11-16)31-27(33)22(26(32)30-28(31)34)13-20-9-10-25(23(29)14-20)35-15-21-8-7-17(2)19(4)12-21/h5-14H,15H2,1-4H3,(H,30,32,34)/b22-13+. The third kappa shape index (κ3) is 5.20. The van der Waals surface area contributed by atoms with Crippen LogP contribution in [0.25, 0.3) is 6.08 Å². The lowest BCUT2D eigenvalue weighted by Crippen LogP contribution is -2.54. The predicted octanol–water partition coefficient (Wildman–Crippen LogP) is 5.93. The van der Waals surface area contributed by atoms with Gasteiger partial charge in [-0.1, -0.05) is 36.4 Å². The zero-order valence-electron chi connectivity index (χ0n) is 19.9. The summed E-state index contributed by atoms with van der Waals surface area (Å²) in [5, 5.41) is 2.27. The van der Waals surface area contributed by atoms with Gasteiger partial charge in [-0.25, -0.2) is 9.69 Å². The van der Waals surface area contributed by atoms with E-state index in [1.165, 1.54) is 17.2 Å². The van der Waals surface area contributed by atoms with Crippen molar-refractivity contribution in [1.82, 2.24) is 5.32 Å². The summed E-state index contributed by atoms with van der Waals surface area (Å²) in [5.74, 6) is -0.761. The Hall–Kier alpha value is -3.71. The van der Waals surface area contributed by atoms with Crippen molar-refractivity contribution in [2.45, 2.75) is 34.3 Å². The fraction of sp³-hybridized carbons (Fsp3) is 0.179. The zero-order chi connectivity index (χ0) is 25.3. The van der Waals surface area contributed by atoms with Gasteiger partial charge in [0.2, 0.25) is 0 Å². The van der Waals surface area contributed by atoms with Crippen LogP contribution in [-0.2, 0) is 16.2 Å². The lowest BCUT2D eigenvalue weighted by atomic mass is 10.0. The molecule has 4 amide bonds. The molecule has 3 aromatic rings. The first-order valence-corrected chi connectivity index (χ1v) is 11.9. The second kappa shape index (κ2) is 9.88. The number of anilines is 1. The molecule has 0 spiro atoms. The van der Waals surface area contributed by atoms with E-state index in [0.29, 0.717) is 28.1 Å². The molecule has 0 radical (unpaired) electrons. The first-order chi connectivity index (χ1) is 16.6. The molecule has 178 valence electrons. The van der Waals surface area contributed by atoms with Crippen molar-refractivity contribution in [3.8, 4) is 5.75 Å². The summed E-state index contributed by atoms with van der Waals surface area (Å²) in [6.45, 7) is 8.22. The fourth-order valence-electron chi connectivity index (χ4n) is 3.78. The van der Waals surface area contributed by atoms with Crippen LogP contribution >= 0.6 is 15.9 Å². The normalized spacial score (nSPS) is 14.9. The third-order valence-electron chi connectivity index (χ3n) is 5.94. The maximum absolute atomic E-state index is 13.2. The lowest BCUT2D eigenvalue weighted by Gasteiger charge is -2.27. The molecule has 0 saturated carbocycles. The van der Waals surface area contributed by atoms with Crippen molar-refractivity contribution in [3.63, 3.8) is 0 Å². The highest BCUT2D eigenvalue weighted by molar-refractivity contribution is 9.10. The van der Waals surface area contributed by atoms with E-state index < -0.39 is 17.8 Å². The number of halogens is 1. The topological polar surface area (TPSA) is 75.7 Å². The molecule has 1 aliphatic rings. The summed E-state index contributed by atoms with van der Waals surface area (Å²) < 4.78 is 6.63. The molecule has 1 aliphatic heterocycles. The molecule has 1 N–H and O–H groups in total. The minimum atomic E-state index is -0.762. The molecule has 6 nitrogen and oxygen atoms in total. The highest BCUT2D eigenvalue weighted by Crippen LogP contribution is 2.30. The molecule has 4 rings (SSSR count). The summed E-state index contributed by atoms with van der Waals surface area (Å²) in [6, 6.07) is 16.2. The van der Waals surface area contributed by atoms with Crippen molar-refractivity contribution in [1.29, 1.82) is 0 Å². The molecular weight excluding hydrogens is 508 g/mol. The Bertz CT molecular complexity index is 1390. The van der Waals surface area contributed by atoms with Crippen LogP contribution in [0.1, 0.15) is 33.4 Å². The predicted molar refractivity (Wildman–Crippen MR) is 139 cm³/mol. The molecule has 35 heavy (non-hydrogen) atoms. The maximum atomic E-state index is 13.2. The van der Waals surface area contributed by atoms with Crippen LogP contribution in [0.2, 0.25) is 0 Å². The quantitative estimate of drug-likeness (QED) is 0.326. The van der Waals surface area contributed by atoms with Crippen LogP contribution < -0.4 is 15.0 Å². The summed E-state index contributed by atoms with van der Waals surface area (Å²) in [4.78, 5) is 39.3. The summed E-state index contributed by atoms with van der Waals surface area (Å²) >= 11 is 3.51. The summed E-state index contributed by atoms with van der Waals surface area (Å²) in [7, 11) is 0. The highest BCUT2D eigenvalue weighted by atomic mass is 79.9. The SMILES string of the molecule is Cc1ccc(C)c(N2C(=O)NC(=O)/C(=C\c3ccc(OCc4ccc(C)c(C)c4)c(Br)c3)C2=O)c1. The number of nitrogens with one attached hydrogen (secondary N) is 1. The largest absolute Gasteiger partial charge is 0.488 e. The average Bonchev–Trinajstić information content (AvgIpc) is 2.80. The number of benzene rings is 3. The molecule has 0 aromatic heterocycles. The van der Waals surface area contributed by atoms with E-state index in [1.54, 1.807) is 24.3 Å². The average molecular weight is 533 g/mol. The lowest BCUT2D eigenvalue weighted by molar-refractivity contribution is -0.122. The van der Waals surface area contributed by atoms with E-state index >= 15 is 0 Å². The van der Waals surface area contributed by atoms with Gasteiger partial charge < -0.3 is 4.74 Å². The van der Waals surface area contributed by atoms with E-state index in [9.17, 15) is 14.4 Å². The first-order valence-electron chi connectivity index (χ1n) is 11.1. The Kier molecular flexibility index (Phi) is 6.89. The number of nitrogens with zero attached hydrogens (tertiary/aromatic N) is 1. The number of amides is 4. The number of aryl methyl sites for hydroxylation is 4. The number of urea groups is 1. The van der Waals surface area contributed by atoms with Crippen molar-refractivity contribution in [2.24, 2.45) is 0 Å². The van der Waals surface area contributed by atoms with Gasteiger partial charge in [0.1, 0.15) is 17.9 Å². The van der Waals surface area contributed by atoms with Gasteiger partial charge >= 0.3 is 6.03 Å². The van der Waals surface area contributed by atoms with Crippen LogP contribution in [0.4, 0.5) is 10.5 Å². The molecule has 3 aromatic carbocycles. The smallest absolute Gasteiger partial charge is 0.335 e. The Balaban J connectivity index is 1.58. The van der Waals surface area contributed by atoms with E-state index in [0.717, 1.165) is 21.6 Å². The minimum absolute atomic E-state index is 0.124. The van der Waals surface area contributed by atoms with Crippen LogP contribution in [0.5, 0.6) is 5.75 Å². The number of carbonyl (C=O) groups excluding carboxylic acids is 3. The van der Waals surface area contributed by atoms with Gasteiger partial charge in [-0.3, -0.25) is 14.9 Å². The van der Waals surface area contributed by atoms with E-state index in [1.807, 2.05) is 32.0 Å². The summed E-state index contributed by atoms with van der Waals surface area (Å²) in [5.41, 5.74) is 6.08. The summed E-state index contributed by atoms with van der Waals surface area (Å²) in [6.07, 6.45) is 1.47. The van der Waals surface area contributed by atoms with Crippen LogP contribution in [0.3, 0.4) is 0 Å². The van der Waals surface area contributed by atoms with E-state index in [2.05, 4.69) is 47.2 Å². The number of barbiturate groups is 1. The number of imide groups is 2. The molecule has 1 saturated heterocycles. The Morgan fingerprint density at radius 1 is 0.886 bits per heavy atom. The monoisotopic (exact) mass is 532 g/mol. The number of rotatable bonds is 5. The molecule has 7 heteroatoms. The van der Waals surface area contributed by atoms with Gasteiger partial charge in [-0.15, -0.1) is 0 Å². The molecule has 0 unspecified atom stereocenters. The Morgan fingerprint density at radius 2 is 1.63 bits per heavy atom. The van der Waals surface area contributed by atoms with Gasteiger partial charge in [0, 0.05) is 0 Å². The number of ether oxygens (including phenoxy) is 1. The molecule has 1 heterocycles. The van der Waals surface area contributed by atoms with Crippen molar-refractivity contribution in [3.05, 3.63) is 98.0 Å². The highest BCUT2D eigenvalue weighted by Gasteiger charge is 2.37. The van der Waals surface area contributed by atoms with Crippen molar-refractivity contribution < 1.29 is 19.1 Å². The van der Waals surface area contributed by atoms with Gasteiger partial charge in [-0.05, 0) is 101 Å². The van der Waals surface area contributed by atoms with Gasteiger partial charge in [0.25, 0.3) is 11.8 Å². The van der Waals surface area contributed by atoms with Gasteiger partial charge in [0.15, 0.2) is 0 Å². The van der Waals surface area contributed by atoms with Gasteiger partial charge in [0.05, 0.1) is 10.2 Å². The number of hydrogen-bond acceptors (Lipinski definition) is 4. The van der Waals surface area contributed by atoms with Crippen molar-refractivity contribution >= 4 is 45.5 Å². The number of carbonyl (C=O) groups is 3. The van der Waals surface area contributed by atoms with Crippen LogP contribution in [0, 0.1) is 27.7 Å². The Labute approximate surface area is 212 Å². The first kappa shape index (κ1) is 24.4. The molecule has 0 aliphatic carbocycles. The number of hydrogen-bond donors (Lipinski definition) is 1.